The van der Waals surface area contributed by atoms with Crippen molar-refractivity contribution in [2.45, 2.75) is 25.4 Å². The summed E-state index contributed by atoms with van der Waals surface area (Å²) >= 11 is 6.17. The van der Waals surface area contributed by atoms with E-state index in [2.05, 4.69) is 70.1 Å². The predicted molar refractivity (Wildman–Crippen MR) is 131 cm³/mol. The molecule has 0 aliphatic carbocycles. The molecule has 3 aromatic carbocycles. The maximum atomic E-state index is 9.21. The number of aliphatic hydroxyl groups excluding tert-OH is 1. The second kappa shape index (κ2) is 10.2. The number of hydrogen-bond acceptors (Lipinski definition) is 3. The highest BCUT2D eigenvalue weighted by Crippen LogP contribution is 2.35. The van der Waals surface area contributed by atoms with Gasteiger partial charge in [-0.25, -0.2) is 4.85 Å². The molecule has 1 saturated heterocycles. The molecule has 164 valence electrons. The Hall–Kier alpha value is -2.84. The monoisotopic (exact) mass is 445 g/mol. The number of piperazine rings is 1. The zero-order chi connectivity index (χ0) is 22.5. The molecular formula is C27H28ClN3O. The molecule has 3 aromatic rings. The lowest BCUT2D eigenvalue weighted by Crippen LogP contribution is -2.49. The average molecular weight is 446 g/mol. The third-order valence-electron chi connectivity index (χ3n) is 6.39. The maximum absolute atomic E-state index is 9.21. The summed E-state index contributed by atoms with van der Waals surface area (Å²) in [5.74, 6) is 0. The summed E-state index contributed by atoms with van der Waals surface area (Å²) in [6.45, 7) is 12.4. The van der Waals surface area contributed by atoms with Gasteiger partial charge in [0.2, 0.25) is 0 Å². The number of hydrogen-bond donors (Lipinski definition) is 1. The van der Waals surface area contributed by atoms with E-state index in [1.165, 1.54) is 16.8 Å². The highest BCUT2D eigenvalue weighted by molar-refractivity contribution is 6.30. The Morgan fingerprint density at radius 2 is 1.69 bits per heavy atom. The zero-order valence-electron chi connectivity index (χ0n) is 18.3. The summed E-state index contributed by atoms with van der Waals surface area (Å²) in [5.41, 5.74) is 5.49. The summed E-state index contributed by atoms with van der Waals surface area (Å²) in [7, 11) is 0. The Morgan fingerprint density at radius 1 is 1.00 bits per heavy atom. The van der Waals surface area contributed by atoms with Gasteiger partial charge < -0.3 is 10.0 Å². The lowest BCUT2D eigenvalue weighted by molar-refractivity contribution is 0.171. The van der Waals surface area contributed by atoms with Gasteiger partial charge in [0.15, 0.2) is 5.69 Å². The van der Waals surface area contributed by atoms with Crippen LogP contribution in [0.2, 0.25) is 5.02 Å². The van der Waals surface area contributed by atoms with Crippen molar-refractivity contribution in [2.75, 3.05) is 31.1 Å². The van der Waals surface area contributed by atoms with Crippen LogP contribution in [0.3, 0.4) is 0 Å². The maximum Gasteiger partial charge on any atom is 0.187 e. The first-order valence-electron chi connectivity index (χ1n) is 11.0. The number of nitrogens with zero attached hydrogens (tertiary/aromatic N) is 3. The van der Waals surface area contributed by atoms with Crippen LogP contribution in [0.4, 0.5) is 11.4 Å². The molecule has 1 aliphatic heterocycles. The number of anilines is 1. The van der Waals surface area contributed by atoms with Gasteiger partial charge in [-0.2, -0.15) is 0 Å². The molecule has 1 N–H and O–H groups in total. The van der Waals surface area contributed by atoms with Gasteiger partial charge in [-0.1, -0.05) is 60.1 Å². The van der Waals surface area contributed by atoms with Crippen LogP contribution in [-0.4, -0.2) is 36.2 Å². The molecule has 0 unspecified atom stereocenters. The molecule has 1 aliphatic rings. The van der Waals surface area contributed by atoms with Gasteiger partial charge in [0.1, 0.15) is 0 Å². The van der Waals surface area contributed by atoms with Crippen LogP contribution in [0, 0.1) is 6.57 Å². The SMILES string of the molecule is [C-]#[N+]c1ccc([C@@H](C)N2CCN(c3ccc(CCO)cc3)[C@H](c3ccc(Cl)cc3)C2)cc1. The topological polar surface area (TPSA) is 31.1 Å². The minimum atomic E-state index is 0.167. The Balaban J connectivity index is 1.60. The van der Waals surface area contributed by atoms with Gasteiger partial charge in [-0.05, 0) is 54.3 Å². The molecule has 2 atom stereocenters. The minimum Gasteiger partial charge on any atom is -0.396 e. The summed E-state index contributed by atoms with van der Waals surface area (Å²) in [6, 6.07) is 25.1. The lowest BCUT2D eigenvalue weighted by atomic mass is 9.98. The average Bonchev–Trinajstić information content (AvgIpc) is 2.84. The van der Waals surface area contributed by atoms with Crippen molar-refractivity contribution in [3.63, 3.8) is 0 Å². The van der Waals surface area contributed by atoms with Crippen molar-refractivity contribution in [1.29, 1.82) is 0 Å². The summed E-state index contributed by atoms with van der Waals surface area (Å²) in [4.78, 5) is 8.49. The fourth-order valence-corrected chi connectivity index (χ4v) is 4.58. The summed E-state index contributed by atoms with van der Waals surface area (Å²) in [5, 5.41) is 9.96. The number of rotatable bonds is 6. The van der Waals surface area contributed by atoms with Crippen LogP contribution < -0.4 is 4.90 Å². The molecule has 5 heteroatoms. The highest BCUT2D eigenvalue weighted by Gasteiger charge is 2.31. The standard InChI is InChI=1S/C27H28ClN3O/c1-20(22-7-11-25(29-2)12-8-22)30-16-17-31(26-13-3-21(4-14-26)15-18-32)27(19-30)23-5-9-24(28)10-6-23/h3-14,20,27,32H,15-19H2,1H3/t20-,27+/m1/s1. The first-order valence-corrected chi connectivity index (χ1v) is 11.4. The van der Waals surface area contributed by atoms with E-state index >= 15 is 0 Å². The van der Waals surface area contributed by atoms with E-state index in [1.54, 1.807) is 0 Å². The fraction of sp³-hybridized carbons (Fsp3) is 0.296. The Bertz CT molecular complexity index is 1060. The molecule has 32 heavy (non-hydrogen) atoms. The molecule has 0 bridgehead atoms. The van der Waals surface area contributed by atoms with E-state index in [0.717, 1.165) is 30.2 Å². The van der Waals surface area contributed by atoms with E-state index in [-0.39, 0.29) is 18.7 Å². The normalized spacial score (nSPS) is 17.7. The van der Waals surface area contributed by atoms with Crippen molar-refractivity contribution in [3.8, 4) is 0 Å². The fourth-order valence-electron chi connectivity index (χ4n) is 4.46. The molecule has 0 aromatic heterocycles. The lowest BCUT2D eigenvalue weighted by Gasteiger charge is -2.45. The van der Waals surface area contributed by atoms with E-state index in [9.17, 15) is 5.11 Å². The quantitative estimate of drug-likeness (QED) is 0.468. The number of aliphatic hydroxyl groups is 1. The molecular weight excluding hydrogens is 418 g/mol. The molecule has 0 spiro atoms. The van der Waals surface area contributed by atoms with Crippen LogP contribution in [-0.2, 0) is 6.42 Å². The van der Waals surface area contributed by atoms with Crippen molar-refractivity contribution in [3.05, 3.63) is 106 Å². The molecule has 1 heterocycles. The molecule has 0 saturated carbocycles. The van der Waals surface area contributed by atoms with Crippen LogP contribution in [0.15, 0.2) is 72.8 Å². The third kappa shape index (κ3) is 4.97. The first kappa shape index (κ1) is 22.4. The first-order chi connectivity index (χ1) is 15.6. The van der Waals surface area contributed by atoms with E-state index in [1.807, 2.05) is 24.3 Å². The van der Waals surface area contributed by atoms with Crippen molar-refractivity contribution >= 4 is 23.0 Å². The van der Waals surface area contributed by atoms with Gasteiger partial charge in [0.05, 0.1) is 12.6 Å². The Morgan fingerprint density at radius 3 is 2.31 bits per heavy atom. The van der Waals surface area contributed by atoms with Crippen LogP contribution in [0.5, 0.6) is 0 Å². The van der Waals surface area contributed by atoms with E-state index < -0.39 is 0 Å². The zero-order valence-corrected chi connectivity index (χ0v) is 19.0. The molecule has 1 fully saturated rings. The Labute approximate surface area is 195 Å². The molecule has 4 rings (SSSR count). The molecule has 4 nitrogen and oxygen atoms in total. The third-order valence-corrected chi connectivity index (χ3v) is 6.64. The predicted octanol–water partition coefficient (Wildman–Crippen LogP) is 6.05. The summed E-state index contributed by atoms with van der Waals surface area (Å²) in [6.07, 6.45) is 0.679. The second-order valence-corrected chi connectivity index (χ2v) is 8.71. The van der Waals surface area contributed by atoms with Crippen LogP contribution >= 0.6 is 11.6 Å². The van der Waals surface area contributed by atoms with Gasteiger partial charge in [-0.15, -0.1) is 0 Å². The van der Waals surface area contributed by atoms with Gasteiger partial charge >= 0.3 is 0 Å². The van der Waals surface area contributed by atoms with Crippen molar-refractivity contribution in [1.82, 2.24) is 4.90 Å². The van der Waals surface area contributed by atoms with Gasteiger partial charge in [-0.3, -0.25) is 4.90 Å². The summed E-state index contributed by atoms with van der Waals surface area (Å²) < 4.78 is 0. The molecule has 0 radical (unpaired) electrons. The second-order valence-electron chi connectivity index (χ2n) is 8.28. The van der Waals surface area contributed by atoms with Crippen molar-refractivity contribution < 1.29 is 5.11 Å². The van der Waals surface area contributed by atoms with Gasteiger partial charge in [0.25, 0.3) is 0 Å². The van der Waals surface area contributed by atoms with E-state index in [4.69, 9.17) is 18.2 Å². The smallest absolute Gasteiger partial charge is 0.187 e. The van der Waals surface area contributed by atoms with Gasteiger partial charge in [0, 0.05) is 43.0 Å². The number of halogens is 1. The largest absolute Gasteiger partial charge is 0.396 e. The number of benzene rings is 3. The Kier molecular flexibility index (Phi) is 7.12. The van der Waals surface area contributed by atoms with E-state index in [0.29, 0.717) is 12.1 Å². The highest BCUT2D eigenvalue weighted by atomic mass is 35.5. The van der Waals surface area contributed by atoms with Crippen LogP contribution in [0.1, 0.15) is 35.7 Å². The minimum absolute atomic E-state index is 0.167. The van der Waals surface area contributed by atoms with Crippen LogP contribution in [0.25, 0.3) is 4.85 Å². The molecule has 0 amide bonds. The van der Waals surface area contributed by atoms with Crippen molar-refractivity contribution in [2.24, 2.45) is 0 Å².